The van der Waals surface area contributed by atoms with E-state index >= 15 is 0 Å². The van der Waals surface area contributed by atoms with Gasteiger partial charge in [0.2, 0.25) is 0 Å². The Hall–Kier alpha value is -0.610. The van der Waals surface area contributed by atoms with Gasteiger partial charge in [0, 0.05) is 18.5 Å². The molecule has 1 atom stereocenters. The van der Waals surface area contributed by atoms with E-state index in [0.717, 1.165) is 6.42 Å². The number of unbranched alkanes of at least 4 members (excludes halogenated alkanes) is 1. The van der Waals surface area contributed by atoms with Gasteiger partial charge in [0.25, 0.3) is 0 Å². The van der Waals surface area contributed by atoms with Crippen molar-refractivity contribution in [1.29, 1.82) is 0 Å². The van der Waals surface area contributed by atoms with Crippen LogP contribution in [0.15, 0.2) is 0 Å². The van der Waals surface area contributed by atoms with Crippen molar-refractivity contribution >= 4 is 5.97 Å². The molecule has 18 heavy (non-hydrogen) atoms. The number of likely N-dealkylation sites (tertiary alicyclic amines) is 1. The zero-order valence-corrected chi connectivity index (χ0v) is 11.8. The molecule has 0 spiro atoms. The van der Waals surface area contributed by atoms with Crippen LogP contribution in [0.3, 0.4) is 0 Å². The van der Waals surface area contributed by atoms with Gasteiger partial charge in [-0.15, -0.1) is 0 Å². The molecule has 1 rings (SSSR count). The van der Waals surface area contributed by atoms with Crippen molar-refractivity contribution in [3.8, 4) is 0 Å². The molecule has 0 amide bonds. The van der Waals surface area contributed by atoms with E-state index < -0.39 is 5.97 Å². The molecule has 2 N–H and O–H groups in total. The maximum absolute atomic E-state index is 10.5. The van der Waals surface area contributed by atoms with Gasteiger partial charge < -0.3 is 15.3 Å². The number of nitrogens with zero attached hydrogens (tertiary/aromatic N) is 1. The Labute approximate surface area is 111 Å². The highest BCUT2D eigenvalue weighted by Crippen LogP contribution is 2.12. The summed E-state index contributed by atoms with van der Waals surface area (Å²) in [6, 6.07) is 0.889. The summed E-state index contributed by atoms with van der Waals surface area (Å²) in [4.78, 5) is 13.1. The average Bonchev–Trinajstić information content (AvgIpc) is 2.35. The van der Waals surface area contributed by atoms with Crippen molar-refractivity contribution in [2.75, 3.05) is 19.6 Å². The Morgan fingerprint density at radius 2 is 2.11 bits per heavy atom. The van der Waals surface area contributed by atoms with Crippen molar-refractivity contribution < 1.29 is 9.90 Å². The lowest BCUT2D eigenvalue weighted by Gasteiger charge is -2.33. The molecule has 1 heterocycles. The number of nitrogens with one attached hydrogen (secondary N) is 1. The summed E-state index contributed by atoms with van der Waals surface area (Å²) in [6.45, 7) is 7.93. The first kappa shape index (κ1) is 15.4. The number of carbonyl (C=O) groups is 1. The van der Waals surface area contributed by atoms with Gasteiger partial charge in [-0.1, -0.05) is 13.3 Å². The van der Waals surface area contributed by atoms with E-state index in [1.165, 1.54) is 45.3 Å². The maximum Gasteiger partial charge on any atom is 0.303 e. The maximum atomic E-state index is 10.5. The van der Waals surface area contributed by atoms with Gasteiger partial charge in [0.05, 0.1) is 0 Å². The summed E-state index contributed by atoms with van der Waals surface area (Å²) in [5, 5.41) is 12.2. The number of piperidine rings is 1. The summed E-state index contributed by atoms with van der Waals surface area (Å²) in [6.07, 6.45) is 5.95. The molecule has 0 saturated carbocycles. The predicted octanol–water partition coefficient (Wildman–Crippen LogP) is 2.09. The molecule has 1 unspecified atom stereocenters. The van der Waals surface area contributed by atoms with Gasteiger partial charge in [-0.3, -0.25) is 4.79 Å². The quantitative estimate of drug-likeness (QED) is 0.698. The molecular weight excluding hydrogens is 228 g/mol. The molecule has 0 radical (unpaired) electrons. The Morgan fingerprint density at radius 1 is 1.44 bits per heavy atom. The lowest BCUT2D eigenvalue weighted by atomic mass is 10.0. The van der Waals surface area contributed by atoms with Crippen molar-refractivity contribution in [1.82, 2.24) is 10.2 Å². The van der Waals surface area contributed by atoms with Gasteiger partial charge in [-0.25, -0.2) is 0 Å². The van der Waals surface area contributed by atoms with E-state index in [4.69, 9.17) is 5.11 Å². The van der Waals surface area contributed by atoms with Crippen LogP contribution in [-0.4, -0.2) is 47.7 Å². The second-order valence-corrected chi connectivity index (χ2v) is 5.47. The van der Waals surface area contributed by atoms with Crippen molar-refractivity contribution in [2.45, 2.75) is 64.5 Å². The van der Waals surface area contributed by atoms with E-state index in [-0.39, 0.29) is 6.42 Å². The number of carboxylic acid groups (broad SMARTS) is 1. The number of hydrogen-bond acceptors (Lipinski definition) is 3. The van der Waals surface area contributed by atoms with E-state index in [1.807, 2.05) is 0 Å². The number of hydrogen-bond donors (Lipinski definition) is 2. The van der Waals surface area contributed by atoms with Gasteiger partial charge in [0.15, 0.2) is 0 Å². The molecule has 1 fully saturated rings. The Balaban J connectivity index is 2.12. The summed E-state index contributed by atoms with van der Waals surface area (Å²) >= 11 is 0. The molecule has 1 aliphatic rings. The minimum atomic E-state index is -0.696. The summed E-state index contributed by atoms with van der Waals surface area (Å²) in [7, 11) is 0. The molecule has 4 heteroatoms. The van der Waals surface area contributed by atoms with Crippen molar-refractivity contribution in [3.05, 3.63) is 0 Å². The van der Waals surface area contributed by atoms with Crippen LogP contribution in [0, 0.1) is 0 Å². The molecule has 4 nitrogen and oxygen atoms in total. The van der Waals surface area contributed by atoms with Crippen LogP contribution < -0.4 is 5.32 Å². The van der Waals surface area contributed by atoms with E-state index in [0.29, 0.717) is 12.1 Å². The first-order valence-electron chi connectivity index (χ1n) is 7.32. The van der Waals surface area contributed by atoms with Gasteiger partial charge in [-0.05, 0) is 52.2 Å². The lowest BCUT2D eigenvalue weighted by molar-refractivity contribution is -0.137. The molecule has 0 aromatic carbocycles. The number of aliphatic carboxylic acids is 1. The third-order valence-corrected chi connectivity index (χ3v) is 3.73. The highest BCUT2D eigenvalue weighted by molar-refractivity contribution is 5.66. The normalized spacial score (nSPS) is 19.9. The molecule has 0 aromatic rings. The predicted molar refractivity (Wildman–Crippen MR) is 73.8 cm³/mol. The van der Waals surface area contributed by atoms with Crippen LogP contribution in [0.4, 0.5) is 0 Å². The second kappa shape index (κ2) is 8.48. The number of rotatable bonds is 8. The van der Waals surface area contributed by atoms with Crippen LogP contribution in [0.2, 0.25) is 0 Å². The van der Waals surface area contributed by atoms with Crippen LogP contribution in [0.25, 0.3) is 0 Å². The fraction of sp³-hybridized carbons (Fsp3) is 0.929. The standard InChI is InChI=1S/C14H28N2O2/c1-3-4-9-16-10-7-13(8-11-16)15-12(2)5-6-14(17)18/h12-13,15H,3-11H2,1-2H3,(H,17,18). The molecule has 1 aliphatic heterocycles. The van der Waals surface area contributed by atoms with Gasteiger partial charge >= 0.3 is 5.97 Å². The third-order valence-electron chi connectivity index (χ3n) is 3.73. The topological polar surface area (TPSA) is 52.6 Å². The number of carboxylic acids is 1. The van der Waals surface area contributed by atoms with Gasteiger partial charge in [-0.2, -0.15) is 0 Å². The molecule has 0 bridgehead atoms. The monoisotopic (exact) mass is 256 g/mol. The molecule has 1 saturated heterocycles. The van der Waals surface area contributed by atoms with E-state index in [9.17, 15) is 4.79 Å². The smallest absolute Gasteiger partial charge is 0.303 e. The summed E-state index contributed by atoms with van der Waals surface area (Å²) < 4.78 is 0. The van der Waals surface area contributed by atoms with Crippen LogP contribution >= 0.6 is 0 Å². The minimum Gasteiger partial charge on any atom is -0.481 e. The highest BCUT2D eigenvalue weighted by atomic mass is 16.4. The van der Waals surface area contributed by atoms with E-state index in [1.54, 1.807) is 0 Å². The Morgan fingerprint density at radius 3 is 2.67 bits per heavy atom. The lowest BCUT2D eigenvalue weighted by Crippen LogP contribution is -2.45. The summed E-state index contributed by atoms with van der Waals surface area (Å²) in [5.74, 6) is -0.696. The molecular formula is C14H28N2O2. The minimum absolute atomic E-state index is 0.267. The van der Waals surface area contributed by atoms with Crippen molar-refractivity contribution in [3.63, 3.8) is 0 Å². The first-order valence-corrected chi connectivity index (χ1v) is 7.32. The zero-order valence-electron chi connectivity index (χ0n) is 11.8. The largest absolute Gasteiger partial charge is 0.481 e. The zero-order chi connectivity index (χ0) is 13.4. The second-order valence-electron chi connectivity index (χ2n) is 5.47. The first-order chi connectivity index (χ1) is 8.61. The Bertz CT molecular complexity index is 238. The van der Waals surface area contributed by atoms with Crippen LogP contribution in [0.1, 0.15) is 52.4 Å². The van der Waals surface area contributed by atoms with Crippen LogP contribution in [0.5, 0.6) is 0 Å². The highest BCUT2D eigenvalue weighted by Gasteiger charge is 2.19. The summed E-state index contributed by atoms with van der Waals surface area (Å²) in [5.41, 5.74) is 0. The third kappa shape index (κ3) is 6.36. The van der Waals surface area contributed by atoms with E-state index in [2.05, 4.69) is 24.1 Å². The SMILES string of the molecule is CCCCN1CCC(NC(C)CCC(=O)O)CC1. The fourth-order valence-electron chi connectivity index (χ4n) is 2.53. The Kier molecular flexibility index (Phi) is 7.28. The molecule has 0 aromatic heterocycles. The van der Waals surface area contributed by atoms with Crippen molar-refractivity contribution in [2.24, 2.45) is 0 Å². The fourth-order valence-corrected chi connectivity index (χ4v) is 2.53. The average molecular weight is 256 g/mol. The van der Waals surface area contributed by atoms with Gasteiger partial charge in [0.1, 0.15) is 0 Å². The molecule has 106 valence electrons. The van der Waals surface area contributed by atoms with Crippen LogP contribution in [-0.2, 0) is 4.79 Å². The molecule has 0 aliphatic carbocycles.